The summed E-state index contributed by atoms with van der Waals surface area (Å²) in [6, 6.07) is 12.3. The number of hydrogen-bond acceptors (Lipinski definition) is 2. The van der Waals surface area contributed by atoms with E-state index in [0.717, 1.165) is 36.0 Å². The Morgan fingerprint density at radius 2 is 2.00 bits per heavy atom. The van der Waals surface area contributed by atoms with E-state index in [-0.39, 0.29) is 6.10 Å². The van der Waals surface area contributed by atoms with Gasteiger partial charge in [0.15, 0.2) is 0 Å². The summed E-state index contributed by atoms with van der Waals surface area (Å²) in [5, 5.41) is 2.21. The molecule has 2 rings (SSSR count). The van der Waals surface area contributed by atoms with Gasteiger partial charge in [-0.25, -0.2) is 0 Å². The molecule has 0 saturated carbocycles. The Labute approximate surface area is 117 Å². The van der Waals surface area contributed by atoms with Crippen molar-refractivity contribution in [2.45, 2.75) is 25.9 Å². The number of hydrogen-bond donors (Lipinski definition) is 0. The Hall–Kier alpha value is -0.930. The van der Waals surface area contributed by atoms with E-state index < -0.39 is 0 Å². The lowest BCUT2D eigenvalue weighted by molar-refractivity contribution is 0.0612. The lowest BCUT2D eigenvalue weighted by Crippen LogP contribution is -2.04. The quantitative estimate of drug-likeness (QED) is 0.579. The van der Waals surface area contributed by atoms with Crippen molar-refractivity contribution in [2.75, 3.05) is 11.9 Å². The Morgan fingerprint density at radius 3 is 2.83 bits per heavy atom. The van der Waals surface area contributed by atoms with Crippen LogP contribution in [0, 0.1) is 0 Å². The highest BCUT2D eigenvalue weighted by Crippen LogP contribution is 2.19. The smallest absolute Gasteiger partial charge is 0.0966 e. The van der Waals surface area contributed by atoms with E-state index in [2.05, 4.69) is 46.0 Å². The van der Waals surface area contributed by atoms with Gasteiger partial charge in [-0.05, 0) is 31.9 Å². The van der Waals surface area contributed by atoms with Crippen LogP contribution in [0.1, 0.15) is 31.6 Å². The molecular formula is C15H18BrNO. The molecule has 2 nitrogen and oxygen atoms in total. The van der Waals surface area contributed by atoms with E-state index in [1.165, 1.54) is 5.39 Å². The molecule has 0 aliphatic rings. The van der Waals surface area contributed by atoms with Crippen molar-refractivity contribution in [3.05, 3.63) is 42.1 Å². The summed E-state index contributed by atoms with van der Waals surface area (Å²) in [5.41, 5.74) is 2.04. The van der Waals surface area contributed by atoms with E-state index >= 15 is 0 Å². The lowest BCUT2D eigenvalue weighted by atomic mass is 10.1. The second-order valence-corrected chi connectivity index (χ2v) is 5.13. The van der Waals surface area contributed by atoms with Crippen LogP contribution in [0.25, 0.3) is 10.9 Å². The summed E-state index contributed by atoms with van der Waals surface area (Å²) >= 11 is 3.42. The van der Waals surface area contributed by atoms with Crippen LogP contribution in [0.15, 0.2) is 36.4 Å². The molecule has 0 saturated heterocycles. The minimum Gasteiger partial charge on any atom is -0.372 e. The second-order valence-electron chi connectivity index (χ2n) is 4.34. The van der Waals surface area contributed by atoms with Gasteiger partial charge in [-0.3, -0.25) is 4.98 Å². The minimum atomic E-state index is 0.0601. The fraction of sp³-hybridized carbons (Fsp3) is 0.400. The number of para-hydroxylation sites is 1. The van der Waals surface area contributed by atoms with Crippen molar-refractivity contribution in [1.29, 1.82) is 0 Å². The molecule has 0 radical (unpaired) electrons. The zero-order valence-corrected chi connectivity index (χ0v) is 12.2. The molecule has 96 valence electrons. The number of ether oxygens (including phenoxy) is 1. The van der Waals surface area contributed by atoms with Crippen molar-refractivity contribution >= 4 is 26.8 Å². The molecule has 1 aromatic heterocycles. The molecular weight excluding hydrogens is 290 g/mol. The molecule has 0 N–H and O–H groups in total. The van der Waals surface area contributed by atoms with E-state index in [0.29, 0.717) is 0 Å². The summed E-state index contributed by atoms with van der Waals surface area (Å²) in [6.45, 7) is 2.85. The topological polar surface area (TPSA) is 22.1 Å². The van der Waals surface area contributed by atoms with E-state index in [1.807, 2.05) is 18.2 Å². The molecule has 0 amide bonds. The van der Waals surface area contributed by atoms with Crippen LogP contribution in [0.2, 0.25) is 0 Å². The van der Waals surface area contributed by atoms with Gasteiger partial charge in [0.1, 0.15) is 0 Å². The molecule has 0 bridgehead atoms. The van der Waals surface area contributed by atoms with Gasteiger partial charge in [0, 0.05) is 17.3 Å². The number of unbranched alkanes of at least 4 members (excludes halogenated alkanes) is 1. The van der Waals surface area contributed by atoms with E-state index in [4.69, 9.17) is 4.74 Å². The molecule has 1 atom stereocenters. The maximum Gasteiger partial charge on any atom is 0.0966 e. The van der Waals surface area contributed by atoms with Gasteiger partial charge >= 0.3 is 0 Å². The van der Waals surface area contributed by atoms with Crippen LogP contribution in [0.4, 0.5) is 0 Å². The van der Waals surface area contributed by atoms with Gasteiger partial charge < -0.3 is 4.74 Å². The predicted molar refractivity (Wildman–Crippen MR) is 79.1 cm³/mol. The van der Waals surface area contributed by atoms with Crippen molar-refractivity contribution in [3.63, 3.8) is 0 Å². The molecule has 0 aliphatic heterocycles. The fourth-order valence-electron chi connectivity index (χ4n) is 1.85. The second kappa shape index (κ2) is 6.86. The van der Waals surface area contributed by atoms with Gasteiger partial charge in [0.05, 0.1) is 17.3 Å². The van der Waals surface area contributed by atoms with Gasteiger partial charge in [0.2, 0.25) is 0 Å². The van der Waals surface area contributed by atoms with Crippen LogP contribution in [0.5, 0.6) is 0 Å². The van der Waals surface area contributed by atoms with Gasteiger partial charge in [-0.15, -0.1) is 0 Å². The zero-order chi connectivity index (χ0) is 12.8. The summed E-state index contributed by atoms with van der Waals surface area (Å²) in [4.78, 5) is 4.64. The van der Waals surface area contributed by atoms with Gasteiger partial charge in [0.25, 0.3) is 0 Å². The Bertz CT molecular complexity index is 501. The normalized spacial score (nSPS) is 12.8. The number of pyridine rings is 1. The van der Waals surface area contributed by atoms with Crippen LogP contribution in [-0.4, -0.2) is 16.9 Å². The largest absolute Gasteiger partial charge is 0.372 e. The predicted octanol–water partition coefficient (Wildman–Crippen LogP) is 4.49. The molecule has 3 heteroatoms. The van der Waals surface area contributed by atoms with Crippen molar-refractivity contribution < 1.29 is 4.74 Å². The third-order valence-corrected chi connectivity index (χ3v) is 3.49. The minimum absolute atomic E-state index is 0.0601. The highest BCUT2D eigenvalue weighted by Gasteiger charge is 2.07. The molecule has 0 spiro atoms. The highest BCUT2D eigenvalue weighted by atomic mass is 79.9. The number of alkyl halides is 1. The van der Waals surface area contributed by atoms with Crippen molar-refractivity contribution in [2.24, 2.45) is 0 Å². The Morgan fingerprint density at radius 1 is 1.17 bits per heavy atom. The monoisotopic (exact) mass is 307 g/mol. The number of rotatable bonds is 6. The zero-order valence-electron chi connectivity index (χ0n) is 10.6. The molecule has 0 aliphatic carbocycles. The Balaban J connectivity index is 2.01. The molecule has 1 aromatic carbocycles. The molecule has 1 unspecified atom stereocenters. The number of aromatic nitrogens is 1. The third kappa shape index (κ3) is 3.53. The van der Waals surface area contributed by atoms with Gasteiger partial charge in [-0.2, -0.15) is 0 Å². The van der Waals surface area contributed by atoms with Crippen LogP contribution < -0.4 is 0 Å². The molecule has 1 heterocycles. The number of benzene rings is 1. The van der Waals surface area contributed by atoms with Crippen LogP contribution in [-0.2, 0) is 4.74 Å². The molecule has 0 fully saturated rings. The first-order chi connectivity index (χ1) is 8.81. The summed E-state index contributed by atoms with van der Waals surface area (Å²) in [5.74, 6) is 0. The summed E-state index contributed by atoms with van der Waals surface area (Å²) < 4.78 is 5.80. The number of fused-ring (bicyclic) bond motifs is 1. The SMILES string of the molecule is CC(OCCCCBr)c1ccc2ccccc2n1. The van der Waals surface area contributed by atoms with E-state index in [1.54, 1.807) is 0 Å². The van der Waals surface area contributed by atoms with E-state index in [9.17, 15) is 0 Å². The Kier molecular flexibility index (Phi) is 5.14. The fourth-order valence-corrected chi connectivity index (χ4v) is 2.25. The molecule has 18 heavy (non-hydrogen) atoms. The first-order valence-electron chi connectivity index (χ1n) is 6.34. The van der Waals surface area contributed by atoms with Gasteiger partial charge in [-0.1, -0.05) is 40.2 Å². The average molecular weight is 308 g/mol. The number of halogens is 1. The first kappa shape index (κ1) is 13.5. The van der Waals surface area contributed by atoms with Crippen LogP contribution in [0.3, 0.4) is 0 Å². The van der Waals surface area contributed by atoms with Crippen LogP contribution >= 0.6 is 15.9 Å². The number of nitrogens with zero attached hydrogens (tertiary/aromatic N) is 1. The third-order valence-electron chi connectivity index (χ3n) is 2.93. The highest BCUT2D eigenvalue weighted by molar-refractivity contribution is 9.09. The molecule has 2 aromatic rings. The van der Waals surface area contributed by atoms with Crippen molar-refractivity contribution in [1.82, 2.24) is 4.98 Å². The first-order valence-corrected chi connectivity index (χ1v) is 7.46. The average Bonchev–Trinajstić information content (AvgIpc) is 2.43. The maximum atomic E-state index is 5.80. The van der Waals surface area contributed by atoms with Crippen molar-refractivity contribution in [3.8, 4) is 0 Å². The summed E-state index contributed by atoms with van der Waals surface area (Å²) in [7, 11) is 0. The summed E-state index contributed by atoms with van der Waals surface area (Å²) in [6.07, 6.45) is 2.30. The maximum absolute atomic E-state index is 5.80. The standard InChI is InChI=1S/C15H18BrNO/c1-12(18-11-5-4-10-16)14-9-8-13-6-2-3-7-15(13)17-14/h2-3,6-9,12H,4-5,10-11H2,1H3. The lowest BCUT2D eigenvalue weighted by Gasteiger charge is -2.13.